The number of rotatable bonds is 5. The Hall–Kier alpha value is -2.92. The van der Waals surface area contributed by atoms with Crippen molar-refractivity contribution in [2.75, 3.05) is 31.1 Å². The molecule has 0 bridgehead atoms. The Kier molecular flexibility index (Phi) is 5.66. The molecule has 12 heteroatoms. The summed E-state index contributed by atoms with van der Waals surface area (Å²) in [5, 5.41) is 16.0. The summed E-state index contributed by atoms with van der Waals surface area (Å²) in [5.41, 5.74) is 0.0181. The number of nitrogens with zero attached hydrogens (tertiary/aromatic N) is 5. The van der Waals surface area contributed by atoms with Crippen molar-refractivity contribution < 1.29 is 22.8 Å². The first-order valence-electron chi connectivity index (χ1n) is 8.82. The van der Waals surface area contributed by atoms with E-state index < -0.39 is 12.0 Å². The summed E-state index contributed by atoms with van der Waals surface area (Å²) in [5.74, 6) is -1.22. The molecule has 3 heterocycles. The smallest absolute Gasteiger partial charge is 0.355 e. The molecule has 2 aromatic rings. The van der Waals surface area contributed by atoms with E-state index in [1.54, 1.807) is 6.07 Å². The number of amides is 2. The Morgan fingerprint density at radius 2 is 1.82 bits per heavy atom. The third-order valence-corrected chi connectivity index (χ3v) is 4.49. The molecule has 0 atom stereocenters. The first-order chi connectivity index (χ1) is 13.3. The van der Waals surface area contributed by atoms with E-state index in [0.717, 1.165) is 0 Å². The molecule has 3 rings (SSSR count). The largest absolute Gasteiger partial charge is 0.453 e. The molecule has 1 fully saturated rings. The van der Waals surface area contributed by atoms with Gasteiger partial charge in [0.1, 0.15) is 5.82 Å². The lowest BCUT2D eigenvalue weighted by Crippen LogP contribution is -2.42. The molecule has 1 aliphatic rings. The molecule has 152 valence electrons. The third kappa shape index (κ3) is 4.49. The number of fused-ring (bicyclic) bond motifs is 1. The van der Waals surface area contributed by atoms with E-state index in [0.29, 0.717) is 49.4 Å². The molecule has 0 aromatic carbocycles. The zero-order valence-electron chi connectivity index (χ0n) is 15.2. The first-order valence-corrected chi connectivity index (χ1v) is 8.82. The molecule has 0 aliphatic carbocycles. The van der Waals surface area contributed by atoms with Crippen molar-refractivity contribution in [2.24, 2.45) is 5.92 Å². The highest BCUT2D eigenvalue weighted by molar-refractivity contribution is 5.79. The van der Waals surface area contributed by atoms with Crippen LogP contribution in [0.1, 0.15) is 25.6 Å². The fourth-order valence-corrected chi connectivity index (χ4v) is 3.06. The summed E-state index contributed by atoms with van der Waals surface area (Å²) in [6, 6.07) is 3.03. The van der Waals surface area contributed by atoms with E-state index in [1.807, 2.05) is 4.90 Å². The van der Waals surface area contributed by atoms with Crippen molar-refractivity contribution in [1.29, 1.82) is 0 Å². The lowest BCUT2D eigenvalue weighted by Gasteiger charge is -2.32. The maximum atomic E-state index is 13.0. The van der Waals surface area contributed by atoms with Gasteiger partial charge in [0, 0.05) is 39.0 Å². The molecule has 28 heavy (non-hydrogen) atoms. The van der Waals surface area contributed by atoms with Crippen LogP contribution in [0.15, 0.2) is 12.1 Å². The molecule has 2 N–H and O–H groups in total. The summed E-state index contributed by atoms with van der Waals surface area (Å²) < 4.78 is 39.7. The molecule has 1 aliphatic heterocycles. The van der Waals surface area contributed by atoms with Crippen LogP contribution >= 0.6 is 0 Å². The molecule has 0 radical (unpaired) electrons. The normalized spacial score (nSPS) is 15.6. The van der Waals surface area contributed by atoms with E-state index in [2.05, 4.69) is 25.9 Å². The van der Waals surface area contributed by atoms with Crippen LogP contribution in [0.25, 0.3) is 5.65 Å². The molecule has 2 aromatic heterocycles. The maximum Gasteiger partial charge on any atom is 0.453 e. The fourth-order valence-electron chi connectivity index (χ4n) is 3.06. The molecule has 1 saturated heterocycles. The van der Waals surface area contributed by atoms with E-state index in [4.69, 9.17) is 0 Å². The number of nitrogens with one attached hydrogen (secondary N) is 2. The molecular weight excluding hydrogens is 379 g/mol. The second-order valence-corrected chi connectivity index (χ2v) is 6.52. The van der Waals surface area contributed by atoms with Gasteiger partial charge < -0.3 is 15.5 Å². The molecule has 0 spiro atoms. The number of alkyl halides is 3. The Morgan fingerprint density at radius 1 is 1.14 bits per heavy atom. The second-order valence-electron chi connectivity index (χ2n) is 6.52. The molecular formula is C16H20F3N7O2. The molecule has 9 nitrogen and oxygen atoms in total. The number of carbonyl (C=O) groups is 2. The zero-order valence-corrected chi connectivity index (χ0v) is 15.2. The van der Waals surface area contributed by atoms with Crippen LogP contribution in [0.4, 0.5) is 19.0 Å². The maximum absolute atomic E-state index is 13.0. The first kappa shape index (κ1) is 19.8. The van der Waals surface area contributed by atoms with Gasteiger partial charge in [-0.1, -0.05) is 0 Å². The summed E-state index contributed by atoms with van der Waals surface area (Å²) in [6.45, 7) is 3.10. The van der Waals surface area contributed by atoms with Crippen LogP contribution in [-0.4, -0.2) is 57.8 Å². The van der Waals surface area contributed by atoms with Gasteiger partial charge in [-0.15, -0.1) is 15.3 Å². The minimum Gasteiger partial charge on any atom is -0.355 e. The number of hydrogen-bond donors (Lipinski definition) is 2. The number of aromatic nitrogens is 4. The predicted molar refractivity (Wildman–Crippen MR) is 92.4 cm³/mol. The van der Waals surface area contributed by atoms with Gasteiger partial charge in [0.25, 0.3) is 5.82 Å². The number of piperidine rings is 1. The monoisotopic (exact) mass is 399 g/mol. The Balaban J connectivity index is 1.59. The molecule has 0 unspecified atom stereocenters. The van der Waals surface area contributed by atoms with E-state index in [-0.39, 0.29) is 23.4 Å². The minimum absolute atomic E-state index is 0.0181. The van der Waals surface area contributed by atoms with E-state index >= 15 is 0 Å². The Bertz CT molecular complexity index is 860. The number of halogens is 3. The quantitative estimate of drug-likeness (QED) is 0.714. The van der Waals surface area contributed by atoms with Gasteiger partial charge in [-0.25, -0.2) is 0 Å². The van der Waals surface area contributed by atoms with Gasteiger partial charge in [-0.2, -0.15) is 17.7 Å². The van der Waals surface area contributed by atoms with Crippen molar-refractivity contribution in [1.82, 2.24) is 30.4 Å². The van der Waals surface area contributed by atoms with Crippen LogP contribution in [0.3, 0.4) is 0 Å². The molecule has 2 amide bonds. The number of anilines is 1. The Labute approximate surface area is 158 Å². The predicted octanol–water partition coefficient (Wildman–Crippen LogP) is 0.612. The average molecular weight is 399 g/mol. The summed E-state index contributed by atoms with van der Waals surface area (Å²) in [6.07, 6.45) is -3.53. The highest BCUT2D eigenvalue weighted by Gasteiger charge is 2.38. The van der Waals surface area contributed by atoms with Gasteiger partial charge in [0.2, 0.25) is 11.8 Å². The number of hydrogen-bond acceptors (Lipinski definition) is 6. The van der Waals surface area contributed by atoms with Gasteiger partial charge in [-0.05, 0) is 25.0 Å². The number of carbonyl (C=O) groups excluding carboxylic acids is 2. The van der Waals surface area contributed by atoms with Crippen molar-refractivity contribution in [3.05, 3.63) is 18.0 Å². The van der Waals surface area contributed by atoms with Crippen LogP contribution in [0.2, 0.25) is 0 Å². The topological polar surface area (TPSA) is 105 Å². The van der Waals surface area contributed by atoms with Crippen molar-refractivity contribution in [2.45, 2.75) is 25.9 Å². The lowest BCUT2D eigenvalue weighted by atomic mass is 9.96. The summed E-state index contributed by atoms with van der Waals surface area (Å²) >= 11 is 0. The Morgan fingerprint density at radius 3 is 2.46 bits per heavy atom. The highest BCUT2D eigenvalue weighted by atomic mass is 19.4. The van der Waals surface area contributed by atoms with Gasteiger partial charge in [0.15, 0.2) is 5.65 Å². The van der Waals surface area contributed by atoms with Crippen LogP contribution in [0.5, 0.6) is 0 Å². The second kappa shape index (κ2) is 7.98. The van der Waals surface area contributed by atoms with Crippen molar-refractivity contribution >= 4 is 23.3 Å². The average Bonchev–Trinajstić information content (AvgIpc) is 3.08. The highest BCUT2D eigenvalue weighted by Crippen LogP contribution is 2.28. The molecule has 0 saturated carbocycles. The third-order valence-electron chi connectivity index (χ3n) is 4.49. The zero-order chi connectivity index (χ0) is 20.3. The van der Waals surface area contributed by atoms with Crippen LogP contribution in [-0.2, 0) is 15.8 Å². The van der Waals surface area contributed by atoms with E-state index in [1.165, 1.54) is 13.0 Å². The fraction of sp³-hybridized carbons (Fsp3) is 0.562. The summed E-state index contributed by atoms with van der Waals surface area (Å²) in [7, 11) is 0. The SMILES string of the molecule is CC(=O)NCCNC(=O)C1CCN(c2ccc3nnc(C(F)(F)F)n3n2)CC1. The summed E-state index contributed by atoms with van der Waals surface area (Å²) in [4.78, 5) is 24.8. The van der Waals surface area contributed by atoms with Gasteiger partial charge in [0.05, 0.1) is 0 Å². The standard InChI is InChI=1S/C16H20F3N7O2/c1-10(27)20-6-7-21-14(28)11-4-8-25(9-5-11)13-3-2-12-22-23-15(16(17,18)19)26(12)24-13/h2-3,11H,4-9H2,1H3,(H,20,27)(H,21,28). The van der Waals surface area contributed by atoms with Crippen LogP contribution in [0, 0.1) is 5.92 Å². The van der Waals surface area contributed by atoms with Gasteiger partial charge in [-0.3, -0.25) is 9.59 Å². The minimum atomic E-state index is -4.65. The van der Waals surface area contributed by atoms with Crippen molar-refractivity contribution in [3.63, 3.8) is 0 Å². The lowest BCUT2D eigenvalue weighted by molar-refractivity contribution is -0.146. The van der Waals surface area contributed by atoms with Crippen molar-refractivity contribution in [3.8, 4) is 0 Å². The van der Waals surface area contributed by atoms with Gasteiger partial charge >= 0.3 is 6.18 Å². The van der Waals surface area contributed by atoms with Crippen LogP contribution < -0.4 is 15.5 Å². The van der Waals surface area contributed by atoms with E-state index in [9.17, 15) is 22.8 Å².